The molecule has 0 radical (unpaired) electrons. The Kier molecular flexibility index (Phi) is 1.80. The second-order valence-corrected chi connectivity index (χ2v) is 5.08. The molecule has 1 heterocycles. The predicted molar refractivity (Wildman–Crippen MR) is 49.4 cm³/mol. The summed E-state index contributed by atoms with van der Waals surface area (Å²) in [5.41, 5.74) is 5.27. The van der Waals surface area contributed by atoms with Gasteiger partial charge in [0.25, 0.3) is 9.84 Å². The number of rotatable bonds is 1. The van der Waals surface area contributed by atoms with Gasteiger partial charge >= 0.3 is 0 Å². The van der Waals surface area contributed by atoms with Crippen molar-refractivity contribution in [2.45, 2.75) is 25.3 Å². The van der Waals surface area contributed by atoms with E-state index in [1.165, 1.54) is 6.20 Å². The SMILES string of the molecule is NC1=CNC(=NC2CCC2)S1(=O)=O. The van der Waals surface area contributed by atoms with Crippen LogP contribution in [0.5, 0.6) is 0 Å². The Morgan fingerprint density at radius 1 is 1.54 bits per heavy atom. The van der Waals surface area contributed by atoms with Crippen molar-refractivity contribution in [1.82, 2.24) is 5.32 Å². The van der Waals surface area contributed by atoms with Crippen molar-refractivity contribution in [2.75, 3.05) is 0 Å². The van der Waals surface area contributed by atoms with Crippen molar-refractivity contribution in [3.05, 3.63) is 11.2 Å². The van der Waals surface area contributed by atoms with Gasteiger partial charge in [0, 0.05) is 6.20 Å². The van der Waals surface area contributed by atoms with E-state index >= 15 is 0 Å². The average Bonchev–Trinajstić information content (AvgIpc) is 2.22. The zero-order valence-electron chi connectivity index (χ0n) is 7.03. The van der Waals surface area contributed by atoms with Crippen LogP contribution in [0.4, 0.5) is 0 Å². The number of hydrogen-bond acceptors (Lipinski definition) is 4. The molecule has 6 heteroatoms. The van der Waals surface area contributed by atoms with Crippen molar-refractivity contribution in [1.29, 1.82) is 0 Å². The van der Waals surface area contributed by atoms with Gasteiger partial charge < -0.3 is 11.1 Å². The molecule has 0 spiro atoms. The molecular formula is C7H11N3O2S. The maximum absolute atomic E-state index is 11.4. The number of nitrogens with one attached hydrogen (secondary N) is 1. The third-order valence-corrected chi connectivity index (χ3v) is 3.75. The molecule has 0 atom stereocenters. The highest BCUT2D eigenvalue weighted by Crippen LogP contribution is 2.23. The Labute approximate surface area is 76.6 Å². The molecule has 0 amide bonds. The summed E-state index contributed by atoms with van der Waals surface area (Å²) < 4.78 is 22.8. The Hall–Kier alpha value is -1.04. The number of nitrogens with two attached hydrogens (primary N) is 1. The minimum atomic E-state index is -3.46. The maximum Gasteiger partial charge on any atom is 0.255 e. The maximum atomic E-state index is 11.4. The molecule has 2 aliphatic rings. The number of aliphatic imine (C=N–C) groups is 1. The third-order valence-electron chi connectivity index (χ3n) is 2.28. The molecule has 13 heavy (non-hydrogen) atoms. The highest BCUT2D eigenvalue weighted by atomic mass is 32.2. The second kappa shape index (κ2) is 2.73. The van der Waals surface area contributed by atoms with Crippen molar-refractivity contribution in [3.8, 4) is 0 Å². The monoisotopic (exact) mass is 201 g/mol. The summed E-state index contributed by atoms with van der Waals surface area (Å²) in [4.78, 5) is 4.07. The van der Waals surface area contributed by atoms with Crippen LogP contribution in [0.1, 0.15) is 19.3 Å². The van der Waals surface area contributed by atoms with E-state index in [1.54, 1.807) is 0 Å². The Bertz CT molecular complexity index is 379. The van der Waals surface area contributed by atoms with Crippen molar-refractivity contribution < 1.29 is 8.42 Å². The van der Waals surface area contributed by atoms with Gasteiger partial charge in [0.05, 0.1) is 6.04 Å². The van der Waals surface area contributed by atoms with Crippen LogP contribution in [-0.2, 0) is 9.84 Å². The summed E-state index contributed by atoms with van der Waals surface area (Å²) in [7, 11) is -3.46. The molecule has 1 aliphatic heterocycles. The fourth-order valence-electron chi connectivity index (χ4n) is 1.19. The van der Waals surface area contributed by atoms with E-state index in [2.05, 4.69) is 10.3 Å². The lowest BCUT2D eigenvalue weighted by atomic mass is 9.94. The Morgan fingerprint density at radius 3 is 2.62 bits per heavy atom. The minimum Gasteiger partial charge on any atom is -0.388 e. The lowest BCUT2D eigenvalue weighted by Crippen LogP contribution is -2.27. The Balaban J connectivity index is 2.24. The van der Waals surface area contributed by atoms with Gasteiger partial charge in [-0.2, -0.15) is 0 Å². The zero-order valence-corrected chi connectivity index (χ0v) is 7.84. The molecule has 1 fully saturated rings. The lowest BCUT2D eigenvalue weighted by molar-refractivity contribution is 0.420. The van der Waals surface area contributed by atoms with Gasteiger partial charge in [0.1, 0.15) is 5.03 Å². The molecular weight excluding hydrogens is 190 g/mol. The van der Waals surface area contributed by atoms with Crippen LogP contribution < -0.4 is 11.1 Å². The van der Waals surface area contributed by atoms with Gasteiger partial charge in [-0.1, -0.05) is 0 Å². The smallest absolute Gasteiger partial charge is 0.255 e. The molecule has 3 N–H and O–H groups in total. The number of hydrogen-bond donors (Lipinski definition) is 2. The topological polar surface area (TPSA) is 84.5 Å². The van der Waals surface area contributed by atoms with E-state index in [-0.39, 0.29) is 16.2 Å². The van der Waals surface area contributed by atoms with Crippen LogP contribution in [0, 0.1) is 0 Å². The normalized spacial score (nSPS) is 29.5. The molecule has 5 nitrogen and oxygen atoms in total. The average molecular weight is 201 g/mol. The van der Waals surface area contributed by atoms with Crippen molar-refractivity contribution in [3.63, 3.8) is 0 Å². The molecule has 72 valence electrons. The molecule has 1 aliphatic carbocycles. The fourth-order valence-corrected chi connectivity index (χ4v) is 2.13. The van der Waals surface area contributed by atoms with E-state index in [9.17, 15) is 8.42 Å². The van der Waals surface area contributed by atoms with Gasteiger partial charge in [-0.25, -0.2) is 8.42 Å². The quantitative estimate of drug-likeness (QED) is 0.608. The molecule has 0 saturated heterocycles. The molecule has 1 saturated carbocycles. The summed E-state index contributed by atoms with van der Waals surface area (Å²) in [6.45, 7) is 0. The highest BCUT2D eigenvalue weighted by Gasteiger charge is 2.30. The van der Waals surface area contributed by atoms with Gasteiger partial charge in [0.15, 0.2) is 0 Å². The molecule has 2 rings (SSSR count). The first-order valence-corrected chi connectivity index (χ1v) is 5.64. The van der Waals surface area contributed by atoms with Crippen molar-refractivity contribution >= 4 is 15.0 Å². The number of sulfone groups is 1. The van der Waals surface area contributed by atoms with Crippen LogP contribution in [0.15, 0.2) is 16.2 Å². The van der Waals surface area contributed by atoms with Gasteiger partial charge in [0.2, 0.25) is 5.17 Å². The zero-order chi connectivity index (χ0) is 9.47. The van der Waals surface area contributed by atoms with Crippen LogP contribution in [0.3, 0.4) is 0 Å². The molecule has 0 aromatic carbocycles. The summed E-state index contributed by atoms with van der Waals surface area (Å²) in [6.07, 6.45) is 4.35. The first-order valence-electron chi connectivity index (χ1n) is 4.16. The standard InChI is InChI=1S/C7H11N3O2S/c8-6-4-9-7(13(6,11)12)10-5-2-1-3-5/h4-5H,1-3,8H2,(H,9,10). The molecule has 0 aromatic heterocycles. The first kappa shape index (κ1) is 8.55. The summed E-state index contributed by atoms with van der Waals surface area (Å²) >= 11 is 0. The molecule has 0 unspecified atom stereocenters. The van der Waals surface area contributed by atoms with Gasteiger partial charge in [-0.15, -0.1) is 0 Å². The van der Waals surface area contributed by atoms with E-state index in [4.69, 9.17) is 5.73 Å². The first-order chi connectivity index (χ1) is 6.10. The predicted octanol–water partition coefficient (Wildman–Crippen LogP) is -0.330. The largest absolute Gasteiger partial charge is 0.388 e. The van der Waals surface area contributed by atoms with Crippen molar-refractivity contribution in [2.24, 2.45) is 10.7 Å². The van der Waals surface area contributed by atoms with E-state index in [1.807, 2.05) is 0 Å². The summed E-state index contributed by atoms with van der Waals surface area (Å²) in [5, 5.41) is 2.43. The fraction of sp³-hybridized carbons (Fsp3) is 0.571. The van der Waals surface area contributed by atoms with Crippen LogP contribution in [0.25, 0.3) is 0 Å². The third kappa shape index (κ3) is 1.31. The number of amidine groups is 1. The Morgan fingerprint density at radius 2 is 2.23 bits per heavy atom. The van der Waals surface area contributed by atoms with Gasteiger partial charge in [-0.05, 0) is 19.3 Å². The van der Waals surface area contributed by atoms with Crippen LogP contribution in [0.2, 0.25) is 0 Å². The minimum absolute atomic E-state index is 0.00898. The summed E-state index contributed by atoms with van der Waals surface area (Å²) in [5.74, 6) is 0. The second-order valence-electron chi connectivity index (χ2n) is 3.21. The van der Waals surface area contributed by atoms with E-state index < -0.39 is 9.84 Å². The highest BCUT2D eigenvalue weighted by molar-refractivity contribution is 8.09. The van der Waals surface area contributed by atoms with E-state index in [0.717, 1.165) is 19.3 Å². The van der Waals surface area contributed by atoms with Crippen LogP contribution in [-0.4, -0.2) is 19.6 Å². The summed E-state index contributed by atoms with van der Waals surface area (Å²) in [6, 6.07) is 0.163. The molecule has 0 bridgehead atoms. The van der Waals surface area contributed by atoms with Crippen LogP contribution >= 0.6 is 0 Å². The van der Waals surface area contributed by atoms with Gasteiger partial charge in [-0.3, -0.25) is 4.99 Å². The van der Waals surface area contributed by atoms with E-state index in [0.29, 0.717) is 0 Å². The molecule has 0 aromatic rings. The lowest BCUT2D eigenvalue weighted by Gasteiger charge is -2.21. The number of nitrogens with zero attached hydrogens (tertiary/aromatic N) is 1.